The van der Waals surface area contributed by atoms with Crippen molar-refractivity contribution in [1.29, 1.82) is 0 Å². The van der Waals surface area contributed by atoms with Gasteiger partial charge in [-0.05, 0) is 0 Å². The molecule has 0 unspecified atom stereocenters. The van der Waals surface area contributed by atoms with E-state index in [-0.39, 0.29) is 0 Å². The summed E-state index contributed by atoms with van der Waals surface area (Å²) in [5.74, 6) is 0. The number of likely N-dealkylation sites (tertiary alicyclic amines) is 2. The van der Waals surface area contributed by atoms with Crippen molar-refractivity contribution in [1.82, 2.24) is 9.80 Å². The molecule has 0 aromatic rings. The highest BCUT2D eigenvalue weighted by Gasteiger charge is 2.32. The Morgan fingerprint density at radius 1 is 0.625 bits per heavy atom. The zero-order valence-electron chi connectivity index (χ0n) is 9.24. The monoisotopic (exact) mass is 232 g/mol. The van der Waals surface area contributed by atoms with Crippen LogP contribution < -0.4 is 0 Å². The average Bonchev–Trinajstić information content (AvgIpc) is 2.70. The third-order valence-electron chi connectivity index (χ3n) is 3.40. The first-order chi connectivity index (χ1) is 7.56. The molecule has 94 valence electrons. The number of rotatable bonds is 3. The standard InChI is InChI=1S/C10H20N2O4/c13-7-3-11(4-8(7)14)1-2-12-5-9(15)10(16)6-12/h7-10,13-16H,1-6H2/t7-,8-,9-,10-/m0/s1. The van der Waals surface area contributed by atoms with Gasteiger partial charge in [0.05, 0.1) is 24.4 Å². The van der Waals surface area contributed by atoms with E-state index in [1.54, 1.807) is 0 Å². The molecule has 16 heavy (non-hydrogen) atoms. The van der Waals surface area contributed by atoms with Gasteiger partial charge in [-0.3, -0.25) is 9.80 Å². The van der Waals surface area contributed by atoms with Crippen LogP contribution in [0.2, 0.25) is 0 Å². The van der Waals surface area contributed by atoms with Crippen LogP contribution >= 0.6 is 0 Å². The molecule has 0 bridgehead atoms. The van der Waals surface area contributed by atoms with Crippen LogP contribution in [-0.4, -0.2) is 93.9 Å². The van der Waals surface area contributed by atoms with Gasteiger partial charge in [0, 0.05) is 39.3 Å². The smallest absolute Gasteiger partial charge is 0.0938 e. The molecule has 0 radical (unpaired) electrons. The van der Waals surface area contributed by atoms with Crippen LogP contribution in [0.5, 0.6) is 0 Å². The van der Waals surface area contributed by atoms with E-state index in [2.05, 4.69) is 0 Å². The minimum absolute atomic E-state index is 0.500. The highest BCUT2D eigenvalue weighted by atomic mass is 16.3. The molecule has 2 heterocycles. The van der Waals surface area contributed by atoms with Gasteiger partial charge < -0.3 is 20.4 Å². The maximum absolute atomic E-state index is 9.36. The van der Waals surface area contributed by atoms with Crippen LogP contribution in [0.3, 0.4) is 0 Å². The summed E-state index contributed by atoms with van der Waals surface area (Å²) in [6.45, 7) is 3.49. The van der Waals surface area contributed by atoms with Gasteiger partial charge in [-0.15, -0.1) is 0 Å². The third-order valence-corrected chi connectivity index (χ3v) is 3.40. The van der Waals surface area contributed by atoms with Gasteiger partial charge >= 0.3 is 0 Å². The number of β-amino-alcohol motifs (C(OH)–C–C–N with tert-alkyl or cyclic N) is 4. The first-order valence-electron chi connectivity index (χ1n) is 5.73. The first-order valence-corrected chi connectivity index (χ1v) is 5.73. The summed E-state index contributed by atoms with van der Waals surface area (Å²) >= 11 is 0. The third kappa shape index (κ3) is 2.71. The van der Waals surface area contributed by atoms with Crippen molar-refractivity contribution in [2.24, 2.45) is 0 Å². The van der Waals surface area contributed by atoms with E-state index in [0.29, 0.717) is 26.2 Å². The molecule has 2 aliphatic rings. The molecule has 6 nitrogen and oxygen atoms in total. The van der Waals surface area contributed by atoms with Crippen molar-refractivity contribution in [3.8, 4) is 0 Å². The lowest BCUT2D eigenvalue weighted by Gasteiger charge is -2.20. The quantitative estimate of drug-likeness (QED) is 0.416. The van der Waals surface area contributed by atoms with Gasteiger partial charge in [-0.25, -0.2) is 0 Å². The van der Waals surface area contributed by atoms with Gasteiger partial charge in [-0.2, -0.15) is 0 Å². The van der Waals surface area contributed by atoms with Gasteiger partial charge in [0.2, 0.25) is 0 Å². The molecule has 2 aliphatic heterocycles. The zero-order chi connectivity index (χ0) is 11.7. The largest absolute Gasteiger partial charge is 0.389 e. The SMILES string of the molecule is O[C@H]1CN(CCN2C[C@H](O)[C@@H](O)C2)C[C@@H]1O. The Labute approximate surface area is 94.7 Å². The van der Waals surface area contributed by atoms with Gasteiger partial charge in [-0.1, -0.05) is 0 Å². The molecular weight excluding hydrogens is 212 g/mol. The molecule has 4 N–H and O–H groups in total. The van der Waals surface area contributed by atoms with E-state index in [9.17, 15) is 20.4 Å². The Balaban J connectivity index is 1.69. The van der Waals surface area contributed by atoms with Crippen LogP contribution in [0.15, 0.2) is 0 Å². The topological polar surface area (TPSA) is 87.4 Å². The van der Waals surface area contributed by atoms with Crippen molar-refractivity contribution in [2.75, 3.05) is 39.3 Å². The molecule has 0 aromatic heterocycles. The maximum atomic E-state index is 9.36. The fraction of sp³-hybridized carbons (Fsp3) is 1.00. The predicted molar refractivity (Wildman–Crippen MR) is 56.9 cm³/mol. The molecule has 2 fully saturated rings. The van der Waals surface area contributed by atoms with Crippen molar-refractivity contribution in [3.63, 3.8) is 0 Å². The van der Waals surface area contributed by atoms with Crippen LogP contribution in [0.25, 0.3) is 0 Å². The summed E-state index contributed by atoms with van der Waals surface area (Å²) in [5.41, 5.74) is 0. The van der Waals surface area contributed by atoms with Crippen LogP contribution in [0.1, 0.15) is 0 Å². The summed E-state index contributed by atoms with van der Waals surface area (Å²) < 4.78 is 0. The number of hydrogen-bond donors (Lipinski definition) is 4. The second-order valence-corrected chi connectivity index (χ2v) is 4.79. The van der Waals surface area contributed by atoms with E-state index in [0.717, 1.165) is 13.1 Å². The summed E-state index contributed by atoms with van der Waals surface area (Å²) in [7, 11) is 0. The summed E-state index contributed by atoms with van der Waals surface area (Å²) in [6.07, 6.45) is -2.57. The first kappa shape index (κ1) is 12.2. The van der Waals surface area contributed by atoms with Gasteiger partial charge in [0.15, 0.2) is 0 Å². The molecule has 0 amide bonds. The maximum Gasteiger partial charge on any atom is 0.0938 e. The van der Waals surface area contributed by atoms with Crippen molar-refractivity contribution >= 4 is 0 Å². The Morgan fingerprint density at radius 2 is 0.875 bits per heavy atom. The number of aliphatic hydroxyl groups is 4. The lowest BCUT2D eigenvalue weighted by molar-refractivity contribution is 0.0572. The van der Waals surface area contributed by atoms with Crippen LogP contribution in [0, 0.1) is 0 Å². The molecule has 4 atom stereocenters. The van der Waals surface area contributed by atoms with Gasteiger partial charge in [0.25, 0.3) is 0 Å². The summed E-state index contributed by atoms with van der Waals surface area (Å²) in [4.78, 5) is 3.98. The molecule has 0 saturated carbocycles. The highest BCUT2D eigenvalue weighted by Crippen LogP contribution is 2.12. The number of hydrogen-bond acceptors (Lipinski definition) is 6. The summed E-state index contributed by atoms with van der Waals surface area (Å²) in [5, 5.41) is 37.4. The molecule has 0 spiro atoms. The van der Waals surface area contributed by atoms with Gasteiger partial charge in [0.1, 0.15) is 0 Å². The lowest BCUT2D eigenvalue weighted by Crippen LogP contribution is -2.34. The van der Waals surface area contributed by atoms with Crippen molar-refractivity contribution < 1.29 is 20.4 Å². The van der Waals surface area contributed by atoms with E-state index < -0.39 is 24.4 Å². The highest BCUT2D eigenvalue weighted by molar-refractivity contribution is 4.86. The molecule has 0 aliphatic carbocycles. The Hall–Kier alpha value is -0.240. The normalized spacial score (nSPS) is 42.0. The number of nitrogens with zero attached hydrogens (tertiary/aromatic N) is 2. The lowest BCUT2D eigenvalue weighted by atomic mass is 10.3. The van der Waals surface area contributed by atoms with E-state index >= 15 is 0 Å². The Kier molecular flexibility index (Phi) is 3.78. The van der Waals surface area contributed by atoms with Crippen molar-refractivity contribution in [2.45, 2.75) is 24.4 Å². The molecule has 2 saturated heterocycles. The van der Waals surface area contributed by atoms with Crippen LogP contribution in [0.4, 0.5) is 0 Å². The molecule has 0 aromatic carbocycles. The van der Waals surface area contributed by atoms with Crippen LogP contribution in [-0.2, 0) is 0 Å². The van der Waals surface area contributed by atoms with E-state index in [1.807, 2.05) is 9.80 Å². The minimum Gasteiger partial charge on any atom is -0.389 e. The second-order valence-electron chi connectivity index (χ2n) is 4.79. The molecule has 6 heteroatoms. The van der Waals surface area contributed by atoms with E-state index in [4.69, 9.17) is 0 Å². The Bertz CT molecular complexity index is 197. The molecule has 2 rings (SSSR count). The average molecular weight is 232 g/mol. The van der Waals surface area contributed by atoms with Crippen molar-refractivity contribution in [3.05, 3.63) is 0 Å². The second kappa shape index (κ2) is 4.95. The fourth-order valence-corrected chi connectivity index (χ4v) is 2.34. The van der Waals surface area contributed by atoms with E-state index in [1.165, 1.54) is 0 Å². The number of aliphatic hydroxyl groups excluding tert-OH is 4. The zero-order valence-corrected chi connectivity index (χ0v) is 9.24. The Morgan fingerprint density at radius 3 is 1.12 bits per heavy atom. The predicted octanol–water partition coefficient (Wildman–Crippen LogP) is -2.94. The minimum atomic E-state index is -0.644. The fourth-order valence-electron chi connectivity index (χ4n) is 2.34. The summed E-state index contributed by atoms with van der Waals surface area (Å²) in [6, 6.07) is 0. The molecular formula is C10H20N2O4.